The van der Waals surface area contributed by atoms with E-state index in [1.54, 1.807) is 0 Å². The predicted octanol–water partition coefficient (Wildman–Crippen LogP) is 3.64. The molecule has 0 saturated carbocycles. The molecule has 1 aromatic heterocycles. The molecule has 0 unspecified atom stereocenters. The summed E-state index contributed by atoms with van der Waals surface area (Å²) in [7, 11) is 0. The third-order valence-electron chi connectivity index (χ3n) is 2.68. The highest BCUT2D eigenvalue weighted by molar-refractivity contribution is 7.71. The highest BCUT2D eigenvalue weighted by Gasteiger charge is 2.21. The standard InChI is InChI=1S/C11H20N2S/c1-5-7-11(3,4)13-9(6-2)8-12-10(13)14/h8H,5-7H2,1-4H3,(H,12,14). The highest BCUT2D eigenvalue weighted by Crippen LogP contribution is 2.24. The van der Waals surface area contributed by atoms with Crippen molar-refractivity contribution >= 4 is 12.2 Å². The molecule has 0 fully saturated rings. The van der Waals surface area contributed by atoms with E-state index in [1.165, 1.54) is 12.1 Å². The third-order valence-corrected chi connectivity index (χ3v) is 2.98. The van der Waals surface area contributed by atoms with Crippen molar-refractivity contribution < 1.29 is 0 Å². The molecule has 1 rings (SSSR count). The van der Waals surface area contributed by atoms with Gasteiger partial charge in [-0.25, -0.2) is 0 Å². The minimum Gasteiger partial charge on any atom is -0.337 e. The van der Waals surface area contributed by atoms with Crippen LogP contribution >= 0.6 is 12.2 Å². The van der Waals surface area contributed by atoms with Crippen LogP contribution in [0.1, 0.15) is 46.2 Å². The fraction of sp³-hybridized carbons (Fsp3) is 0.727. The molecular formula is C11H20N2S. The number of hydrogen-bond acceptors (Lipinski definition) is 1. The van der Waals surface area contributed by atoms with E-state index in [0.29, 0.717) is 0 Å². The molecule has 0 radical (unpaired) electrons. The van der Waals surface area contributed by atoms with Crippen LogP contribution in [0.2, 0.25) is 0 Å². The summed E-state index contributed by atoms with van der Waals surface area (Å²) in [6.07, 6.45) is 5.40. The van der Waals surface area contributed by atoms with E-state index in [9.17, 15) is 0 Å². The molecule has 1 heterocycles. The van der Waals surface area contributed by atoms with E-state index in [2.05, 4.69) is 37.2 Å². The summed E-state index contributed by atoms with van der Waals surface area (Å²) in [6, 6.07) is 0. The fourth-order valence-corrected chi connectivity index (χ4v) is 2.48. The third kappa shape index (κ3) is 2.08. The zero-order chi connectivity index (χ0) is 10.8. The lowest BCUT2D eigenvalue weighted by atomic mass is 9.98. The maximum Gasteiger partial charge on any atom is 0.177 e. The SMILES string of the molecule is CCCC(C)(C)n1c(CC)c[nH]c1=S. The van der Waals surface area contributed by atoms with E-state index in [4.69, 9.17) is 12.2 Å². The number of imidazole rings is 1. The summed E-state index contributed by atoms with van der Waals surface area (Å²) in [5.74, 6) is 0. The van der Waals surface area contributed by atoms with Gasteiger partial charge in [0.05, 0.1) is 0 Å². The van der Waals surface area contributed by atoms with Crippen LogP contribution in [0, 0.1) is 4.77 Å². The molecule has 1 N–H and O–H groups in total. The molecule has 0 aromatic carbocycles. The molecule has 0 bridgehead atoms. The Bertz CT molecular complexity index is 346. The van der Waals surface area contributed by atoms with Crippen molar-refractivity contribution in [1.82, 2.24) is 9.55 Å². The maximum absolute atomic E-state index is 5.31. The van der Waals surface area contributed by atoms with E-state index in [-0.39, 0.29) is 5.54 Å². The van der Waals surface area contributed by atoms with Gasteiger partial charge in [0.15, 0.2) is 4.77 Å². The van der Waals surface area contributed by atoms with Crippen LogP contribution in [-0.2, 0) is 12.0 Å². The van der Waals surface area contributed by atoms with Crippen molar-refractivity contribution in [3.8, 4) is 0 Å². The van der Waals surface area contributed by atoms with Crippen LogP contribution in [0.25, 0.3) is 0 Å². The lowest BCUT2D eigenvalue weighted by molar-refractivity contribution is 0.312. The van der Waals surface area contributed by atoms with Crippen LogP contribution in [-0.4, -0.2) is 9.55 Å². The summed E-state index contributed by atoms with van der Waals surface area (Å²) in [6.45, 7) is 8.87. The molecule has 0 spiro atoms. The number of aromatic nitrogens is 2. The lowest BCUT2D eigenvalue weighted by Gasteiger charge is -2.28. The Balaban J connectivity index is 3.15. The van der Waals surface area contributed by atoms with Crippen molar-refractivity contribution in [3.05, 3.63) is 16.7 Å². The Hall–Kier alpha value is -0.570. The molecule has 14 heavy (non-hydrogen) atoms. The van der Waals surface area contributed by atoms with E-state index in [1.807, 2.05) is 6.20 Å². The van der Waals surface area contributed by atoms with Crippen LogP contribution in [0.4, 0.5) is 0 Å². The number of nitrogens with zero attached hydrogens (tertiary/aromatic N) is 1. The van der Waals surface area contributed by atoms with Crippen molar-refractivity contribution in [1.29, 1.82) is 0 Å². The fourth-order valence-electron chi connectivity index (χ4n) is 2.05. The monoisotopic (exact) mass is 212 g/mol. The molecule has 3 heteroatoms. The van der Waals surface area contributed by atoms with Gasteiger partial charge in [-0.05, 0) is 38.9 Å². The van der Waals surface area contributed by atoms with Crippen molar-refractivity contribution in [2.24, 2.45) is 0 Å². The second-order valence-corrected chi connectivity index (χ2v) is 4.72. The largest absolute Gasteiger partial charge is 0.337 e. The second-order valence-electron chi connectivity index (χ2n) is 4.34. The van der Waals surface area contributed by atoms with E-state index in [0.717, 1.165) is 17.6 Å². The van der Waals surface area contributed by atoms with Gasteiger partial charge < -0.3 is 9.55 Å². The number of hydrogen-bond donors (Lipinski definition) is 1. The average Bonchev–Trinajstić information content (AvgIpc) is 2.47. The number of aromatic amines is 1. The van der Waals surface area contributed by atoms with E-state index >= 15 is 0 Å². The van der Waals surface area contributed by atoms with Gasteiger partial charge >= 0.3 is 0 Å². The van der Waals surface area contributed by atoms with Gasteiger partial charge in [0.2, 0.25) is 0 Å². The zero-order valence-corrected chi connectivity index (χ0v) is 10.4. The number of H-pyrrole nitrogens is 1. The van der Waals surface area contributed by atoms with Crippen LogP contribution < -0.4 is 0 Å². The first-order chi connectivity index (χ1) is 6.53. The normalized spacial score (nSPS) is 12.0. The molecule has 0 aliphatic heterocycles. The first-order valence-corrected chi connectivity index (χ1v) is 5.73. The van der Waals surface area contributed by atoms with Gasteiger partial charge in [-0.1, -0.05) is 20.3 Å². The summed E-state index contributed by atoms with van der Waals surface area (Å²) in [5.41, 5.74) is 1.44. The Labute approximate surface area is 91.3 Å². The summed E-state index contributed by atoms with van der Waals surface area (Å²) < 4.78 is 3.10. The van der Waals surface area contributed by atoms with Crippen LogP contribution in [0.3, 0.4) is 0 Å². The Morgan fingerprint density at radius 3 is 2.57 bits per heavy atom. The summed E-state index contributed by atoms with van der Waals surface area (Å²) in [4.78, 5) is 3.13. The molecule has 80 valence electrons. The lowest BCUT2D eigenvalue weighted by Crippen LogP contribution is -2.27. The average molecular weight is 212 g/mol. The first kappa shape index (κ1) is 11.5. The van der Waals surface area contributed by atoms with E-state index < -0.39 is 0 Å². The number of rotatable bonds is 4. The highest BCUT2D eigenvalue weighted by atomic mass is 32.1. The summed E-state index contributed by atoms with van der Waals surface area (Å²) in [5, 5.41) is 0. The molecule has 0 saturated heterocycles. The zero-order valence-electron chi connectivity index (χ0n) is 9.55. The molecule has 1 aromatic rings. The number of nitrogens with one attached hydrogen (secondary N) is 1. The topological polar surface area (TPSA) is 20.7 Å². The minimum absolute atomic E-state index is 0.136. The van der Waals surface area contributed by atoms with Gasteiger partial charge in [-0.3, -0.25) is 0 Å². The molecule has 0 aliphatic rings. The molecule has 2 nitrogen and oxygen atoms in total. The van der Waals surface area contributed by atoms with Crippen molar-refractivity contribution in [3.63, 3.8) is 0 Å². The van der Waals surface area contributed by atoms with Gasteiger partial charge in [0.1, 0.15) is 0 Å². The quantitative estimate of drug-likeness (QED) is 0.756. The van der Waals surface area contributed by atoms with Gasteiger partial charge in [-0.2, -0.15) is 0 Å². The van der Waals surface area contributed by atoms with Gasteiger partial charge in [0.25, 0.3) is 0 Å². The minimum atomic E-state index is 0.136. The van der Waals surface area contributed by atoms with Crippen molar-refractivity contribution in [2.75, 3.05) is 0 Å². The molecule has 0 amide bonds. The molecule has 0 aliphatic carbocycles. The Morgan fingerprint density at radius 1 is 1.43 bits per heavy atom. The second kappa shape index (κ2) is 4.30. The Kier molecular flexibility index (Phi) is 3.53. The summed E-state index contributed by atoms with van der Waals surface area (Å²) >= 11 is 5.31. The molecular weight excluding hydrogens is 192 g/mol. The first-order valence-electron chi connectivity index (χ1n) is 5.32. The van der Waals surface area contributed by atoms with Crippen LogP contribution in [0.15, 0.2) is 6.20 Å². The molecule has 0 atom stereocenters. The predicted molar refractivity (Wildman–Crippen MR) is 63.2 cm³/mol. The van der Waals surface area contributed by atoms with Gasteiger partial charge in [-0.15, -0.1) is 0 Å². The van der Waals surface area contributed by atoms with Gasteiger partial charge in [0, 0.05) is 17.4 Å². The maximum atomic E-state index is 5.31. The Morgan fingerprint density at radius 2 is 2.07 bits per heavy atom. The van der Waals surface area contributed by atoms with Crippen molar-refractivity contribution in [2.45, 2.75) is 52.5 Å². The van der Waals surface area contributed by atoms with Crippen LogP contribution in [0.5, 0.6) is 0 Å². The smallest absolute Gasteiger partial charge is 0.177 e. The number of aryl methyl sites for hydroxylation is 1.